The Kier molecular flexibility index (Phi) is 2.92. The third-order valence-corrected chi connectivity index (χ3v) is 2.25. The molecule has 4 nitrogen and oxygen atoms in total. The van der Waals surface area contributed by atoms with E-state index in [0.717, 1.165) is 0 Å². The molecule has 1 aromatic carbocycles. The van der Waals surface area contributed by atoms with E-state index >= 15 is 0 Å². The summed E-state index contributed by atoms with van der Waals surface area (Å²) in [6.45, 7) is 1.64. The first-order chi connectivity index (χ1) is 7.66. The Bertz CT molecular complexity index is 504. The van der Waals surface area contributed by atoms with Crippen LogP contribution in [0.2, 0.25) is 5.02 Å². The van der Waals surface area contributed by atoms with E-state index in [1.54, 1.807) is 31.2 Å². The molecule has 1 heterocycles. The van der Waals surface area contributed by atoms with Crippen LogP contribution in [-0.2, 0) is 0 Å². The number of carbonyl (C=O) groups is 1. The Hall–Kier alpha value is -1.81. The molecule has 0 unspecified atom stereocenters. The minimum absolute atomic E-state index is 0.315. The first-order valence-corrected chi connectivity index (χ1v) is 4.93. The van der Waals surface area contributed by atoms with Crippen molar-refractivity contribution in [3.63, 3.8) is 0 Å². The maximum Gasteiger partial charge on any atom is 0.348 e. The zero-order chi connectivity index (χ0) is 11.5. The summed E-state index contributed by atoms with van der Waals surface area (Å²) < 4.78 is 9.87. The molecule has 0 amide bonds. The van der Waals surface area contributed by atoms with Crippen LogP contribution in [0.15, 0.2) is 35.0 Å². The van der Waals surface area contributed by atoms with Crippen molar-refractivity contribution in [2.75, 3.05) is 0 Å². The summed E-state index contributed by atoms with van der Waals surface area (Å²) in [5.41, 5.74) is 0.315. The van der Waals surface area contributed by atoms with E-state index in [1.807, 2.05) is 0 Å². The lowest BCUT2D eigenvalue weighted by Gasteiger charge is -2.02. The number of halogens is 1. The van der Waals surface area contributed by atoms with Crippen molar-refractivity contribution in [1.82, 2.24) is 5.16 Å². The molecule has 0 atom stereocenters. The van der Waals surface area contributed by atoms with Gasteiger partial charge in [0.05, 0.1) is 6.20 Å². The predicted octanol–water partition coefficient (Wildman–Crippen LogP) is 2.86. The van der Waals surface area contributed by atoms with E-state index in [1.165, 1.54) is 6.20 Å². The molecular weight excluding hydrogens is 230 g/mol. The van der Waals surface area contributed by atoms with Crippen molar-refractivity contribution < 1.29 is 14.1 Å². The van der Waals surface area contributed by atoms with Gasteiger partial charge in [-0.25, -0.2) is 4.79 Å². The van der Waals surface area contributed by atoms with Gasteiger partial charge >= 0.3 is 5.97 Å². The molecule has 0 spiro atoms. The maximum atomic E-state index is 11.6. The van der Waals surface area contributed by atoms with E-state index in [4.69, 9.17) is 20.9 Å². The molecule has 2 aromatic rings. The highest BCUT2D eigenvalue weighted by Gasteiger charge is 2.14. The number of nitrogens with zero attached hydrogens (tertiary/aromatic N) is 1. The Morgan fingerprint density at radius 2 is 2.06 bits per heavy atom. The largest absolute Gasteiger partial charge is 0.423 e. The highest BCUT2D eigenvalue weighted by molar-refractivity contribution is 6.30. The molecule has 2 rings (SSSR count). The number of esters is 1. The van der Waals surface area contributed by atoms with Crippen molar-refractivity contribution in [1.29, 1.82) is 0 Å². The second kappa shape index (κ2) is 4.37. The molecule has 0 N–H and O–H groups in total. The fourth-order valence-corrected chi connectivity index (χ4v) is 1.29. The van der Waals surface area contributed by atoms with Gasteiger partial charge in [0.1, 0.15) is 17.1 Å². The number of ether oxygens (including phenoxy) is 1. The molecule has 0 radical (unpaired) electrons. The van der Waals surface area contributed by atoms with Gasteiger partial charge in [0.15, 0.2) is 0 Å². The number of aromatic nitrogens is 1. The predicted molar refractivity (Wildman–Crippen MR) is 57.7 cm³/mol. The lowest BCUT2D eigenvalue weighted by atomic mass is 10.3. The lowest BCUT2D eigenvalue weighted by Crippen LogP contribution is -2.08. The van der Waals surface area contributed by atoms with Gasteiger partial charge in [0.2, 0.25) is 0 Å². The van der Waals surface area contributed by atoms with Gasteiger partial charge in [-0.1, -0.05) is 16.8 Å². The summed E-state index contributed by atoms with van der Waals surface area (Å²) in [7, 11) is 0. The maximum absolute atomic E-state index is 11.6. The van der Waals surface area contributed by atoms with Crippen LogP contribution in [0.4, 0.5) is 0 Å². The Labute approximate surface area is 96.8 Å². The summed E-state index contributed by atoms with van der Waals surface area (Å²) in [4.78, 5) is 11.6. The third-order valence-electron chi connectivity index (χ3n) is 1.99. The fourth-order valence-electron chi connectivity index (χ4n) is 1.16. The van der Waals surface area contributed by atoms with Gasteiger partial charge in [-0.15, -0.1) is 0 Å². The van der Waals surface area contributed by atoms with Crippen molar-refractivity contribution in [2.24, 2.45) is 0 Å². The number of aryl methyl sites for hydroxylation is 1. The van der Waals surface area contributed by atoms with Crippen molar-refractivity contribution >= 4 is 17.6 Å². The first-order valence-electron chi connectivity index (χ1n) is 4.56. The van der Waals surface area contributed by atoms with Crippen LogP contribution in [0.25, 0.3) is 0 Å². The van der Waals surface area contributed by atoms with Crippen molar-refractivity contribution in [3.05, 3.63) is 46.8 Å². The standard InChI is InChI=1S/C11H8ClNO3/c1-7-10(6-13-16-7)11(14)15-9-4-2-8(12)3-5-9/h2-6H,1H3. The molecule has 0 bridgehead atoms. The SMILES string of the molecule is Cc1oncc1C(=O)Oc1ccc(Cl)cc1. The molecule has 0 aliphatic heterocycles. The molecule has 82 valence electrons. The van der Waals surface area contributed by atoms with E-state index in [-0.39, 0.29) is 0 Å². The molecule has 16 heavy (non-hydrogen) atoms. The molecule has 1 aromatic heterocycles. The third kappa shape index (κ3) is 2.23. The van der Waals surface area contributed by atoms with Gasteiger partial charge in [0.25, 0.3) is 0 Å². The van der Waals surface area contributed by atoms with E-state index in [2.05, 4.69) is 5.16 Å². The van der Waals surface area contributed by atoms with Gasteiger partial charge in [-0.05, 0) is 31.2 Å². The molecule has 0 aliphatic rings. The lowest BCUT2D eigenvalue weighted by molar-refractivity contribution is 0.0733. The molecular formula is C11H8ClNO3. The topological polar surface area (TPSA) is 52.3 Å². The Morgan fingerprint density at radius 3 is 2.62 bits per heavy atom. The minimum atomic E-state index is -0.499. The summed E-state index contributed by atoms with van der Waals surface area (Å²) >= 11 is 5.71. The molecule has 5 heteroatoms. The Morgan fingerprint density at radius 1 is 1.38 bits per heavy atom. The normalized spacial score (nSPS) is 10.1. The van der Waals surface area contributed by atoms with Crippen LogP contribution in [0.1, 0.15) is 16.1 Å². The monoisotopic (exact) mass is 237 g/mol. The fraction of sp³-hybridized carbons (Fsp3) is 0.0909. The smallest absolute Gasteiger partial charge is 0.348 e. The van der Waals surface area contributed by atoms with Gasteiger partial charge in [-0.3, -0.25) is 0 Å². The number of benzene rings is 1. The highest BCUT2D eigenvalue weighted by Crippen LogP contribution is 2.17. The summed E-state index contributed by atoms with van der Waals surface area (Å²) in [5, 5.41) is 4.09. The Balaban J connectivity index is 2.14. The van der Waals surface area contributed by atoms with Crippen LogP contribution in [0, 0.1) is 6.92 Å². The van der Waals surface area contributed by atoms with Gasteiger partial charge < -0.3 is 9.26 Å². The van der Waals surface area contributed by atoms with Crippen LogP contribution in [-0.4, -0.2) is 11.1 Å². The summed E-state index contributed by atoms with van der Waals surface area (Å²) in [6.07, 6.45) is 1.33. The summed E-state index contributed by atoms with van der Waals surface area (Å²) in [6, 6.07) is 6.52. The average Bonchev–Trinajstić information content (AvgIpc) is 2.68. The molecule has 0 fully saturated rings. The zero-order valence-electron chi connectivity index (χ0n) is 8.44. The summed E-state index contributed by atoms with van der Waals surface area (Å²) in [5.74, 6) is 0.357. The minimum Gasteiger partial charge on any atom is -0.423 e. The van der Waals surface area contributed by atoms with Crippen LogP contribution in [0.5, 0.6) is 5.75 Å². The van der Waals surface area contributed by atoms with E-state index in [0.29, 0.717) is 22.1 Å². The number of carbonyl (C=O) groups excluding carboxylic acids is 1. The van der Waals surface area contributed by atoms with Crippen molar-refractivity contribution in [3.8, 4) is 5.75 Å². The van der Waals surface area contributed by atoms with Crippen molar-refractivity contribution in [2.45, 2.75) is 6.92 Å². The number of hydrogen-bond donors (Lipinski definition) is 0. The highest BCUT2D eigenvalue weighted by atomic mass is 35.5. The second-order valence-corrected chi connectivity index (χ2v) is 3.58. The second-order valence-electron chi connectivity index (χ2n) is 3.14. The quantitative estimate of drug-likeness (QED) is 0.595. The first kappa shape index (κ1) is 10.7. The molecule has 0 aliphatic carbocycles. The zero-order valence-corrected chi connectivity index (χ0v) is 9.19. The van der Waals surface area contributed by atoms with Crippen LogP contribution in [0.3, 0.4) is 0 Å². The van der Waals surface area contributed by atoms with Gasteiger partial charge in [0, 0.05) is 5.02 Å². The van der Waals surface area contributed by atoms with Crippen LogP contribution >= 0.6 is 11.6 Å². The molecule has 0 saturated carbocycles. The van der Waals surface area contributed by atoms with E-state index in [9.17, 15) is 4.79 Å². The van der Waals surface area contributed by atoms with Crippen LogP contribution < -0.4 is 4.74 Å². The number of hydrogen-bond acceptors (Lipinski definition) is 4. The van der Waals surface area contributed by atoms with Gasteiger partial charge in [-0.2, -0.15) is 0 Å². The number of rotatable bonds is 2. The molecule has 0 saturated heterocycles. The van der Waals surface area contributed by atoms with E-state index < -0.39 is 5.97 Å². The average molecular weight is 238 g/mol.